The Labute approximate surface area is 123 Å². The van der Waals surface area contributed by atoms with Crippen LogP contribution in [0.3, 0.4) is 0 Å². The molecule has 0 bridgehead atoms. The quantitative estimate of drug-likeness (QED) is 0.698. The highest BCUT2D eigenvalue weighted by atomic mass is 19.4. The van der Waals surface area contributed by atoms with Gasteiger partial charge in [0, 0.05) is 29.1 Å². The van der Waals surface area contributed by atoms with E-state index in [1.165, 1.54) is 19.1 Å². The number of nitrogens with zero attached hydrogens (tertiary/aromatic N) is 1. The first-order chi connectivity index (χ1) is 10.4. The van der Waals surface area contributed by atoms with Gasteiger partial charge < -0.3 is 9.32 Å². The minimum Gasteiger partial charge on any atom is -0.456 e. The average Bonchev–Trinajstić information content (AvgIpc) is 2.84. The molecule has 0 unspecified atom stereocenters. The van der Waals surface area contributed by atoms with E-state index in [-0.39, 0.29) is 12.2 Å². The lowest BCUT2D eigenvalue weighted by atomic mass is 10.1. The number of rotatable bonds is 2. The van der Waals surface area contributed by atoms with Gasteiger partial charge in [-0.25, -0.2) is 0 Å². The smallest absolute Gasteiger partial charge is 0.456 e. The SMILES string of the molecule is CCN(C(=O)C(F)(F)F)c1ccc2c(c1)oc1ccccc12. The maximum Gasteiger partial charge on any atom is 0.471 e. The van der Waals surface area contributed by atoms with Crippen LogP contribution in [0.15, 0.2) is 46.9 Å². The summed E-state index contributed by atoms with van der Waals surface area (Å²) in [5.74, 6) is -1.88. The van der Waals surface area contributed by atoms with Crippen molar-refractivity contribution in [2.75, 3.05) is 11.4 Å². The molecule has 1 aromatic heterocycles. The van der Waals surface area contributed by atoms with Crippen molar-refractivity contribution in [3.63, 3.8) is 0 Å². The molecule has 2 aromatic carbocycles. The molecule has 0 spiro atoms. The highest BCUT2D eigenvalue weighted by Gasteiger charge is 2.42. The molecule has 3 nitrogen and oxygen atoms in total. The molecular weight excluding hydrogens is 295 g/mol. The number of fused-ring (bicyclic) bond motifs is 3. The molecule has 0 aliphatic heterocycles. The molecule has 3 rings (SSSR count). The average molecular weight is 307 g/mol. The van der Waals surface area contributed by atoms with Crippen molar-refractivity contribution in [2.24, 2.45) is 0 Å². The van der Waals surface area contributed by atoms with E-state index in [0.717, 1.165) is 10.8 Å². The summed E-state index contributed by atoms with van der Waals surface area (Å²) in [6.07, 6.45) is -4.90. The number of anilines is 1. The topological polar surface area (TPSA) is 33.5 Å². The largest absolute Gasteiger partial charge is 0.471 e. The highest BCUT2D eigenvalue weighted by molar-refractivity contribution is 6.07. The number of amides is 1. The zero-order chi connectivity index (χ0) is 15.9. The fraction of sp³-hybridized carbons (Fsp3) is 0.188. The number of benzene rings is 2. The number of halogens is 3. The van der Waals surface area contributed by atoms with Gasteiger partial charge in [0.2, 0.25) is 0 Å². The molecule has 22 heavy (non-hydrogen) atoms. The van der Waals surface area contributed by atoms with Gasteiger partial charge in [-0.1, -0.05) is 18.2 Å². The van der Waals surface area contributed by atoms with Crippen molar-refractivity contribution in [1.29, 1.82) is 0 Å². The Morgan fingerprint density at radius 3 is 2.45 bits per heavy atom. The number of para-hydroxylation sites is 1. The van der Waals surface area contributed by atoms with Crippen LogP contribution >= 0.6 is 0 Å². The van der Waals surface area contributed by atoms with Crippen molar-refractivity contribution in [3.05, 3.63) is 42.5 Å². The zero-order valence-electron chi connectivity index (χ0n) is 11.6. The zero-order valence-corrected chi connectivity index (χ0v) is 11.6. The molecule has 1 amide bonds. The van der Waals surface area contributed by atoms with E-state index in [1.807, 2.05) is 18.2 Å². The van der Waals surface area contributed by atoms with E-state index >= 15 is 0 Å². The molecule has 3 aromatic rings. The van der Waals surface area contributed by atoms with Gasteiger partial charge >= 0.3 is 12.1 Å². The monoisotopic (exact) mass is 307 g/mol. The minimum absolute atomic E-state index is 0.0793. The summed E-state index contributed by atoms with van der Waals surface area (Å²) < 4.78 is 43.5. The van der Waals surface area contributed by atoms with Crippen LogP contribution in [0, 0.1) is 0 Å². The molecule has 114 valence electrons. The Hall–Kier alpha value is -2.50. The molecule has 0 radical (unpaired) electrons. The Bertz CT molecular complexity index is 851. The Balaban J connectivity index is 2.11. The summed E-state index contributed by atoms with van der Waals surface area (Å²) in [6, 6.07) is 12.0. The van der Waals surface area contributed by atoms with Crippen LogP contribution in [0.5, 0.6) is 0 Å². The minimum atomic E-state index is -4.90. The number of hydrogen-bond donors (Lipinski definition) is 0. The third-order valence-electron chi connectivity index (χ3n) is 3.48. The normalized spacial score (nSPS) is 12.0. The summed E-state index contributed by atoms with van der Waals surface area (Å²) >= 11 is 0. The maximum absolute atomic E-state index is 12.6. The van der Waals surface area contributed by atoms with Crippen LogP contribution in [0.4, 0.5) is 18.9 Å². The summed E-state index contributed by atoms with van der Waals surface area (Å²) in [4.78, 5) is 12.2. The highest BCUT2D eigenvalue weighted by Crippen LogP contribution is 2.32. The van der Waals surface area contributed by atoms with Crippen LogP contribution in [0.2, 0.25) is 0 Å². The van der Waals surface area contributed by atoms with Crippen LogP contribution in [0.25, 0.3) is 21.9 Å². The Morgan fingerprint density at radius 2 is 1.77 bits per heavy atom. The van der Waals surface area contributed by atoms with Gasteiger partial charge in [-0.15, -0.1) is 0 Å². The standard InChI is InChI=1S/C16H12F3NO2/c1-2-20(15(21)16(17,18)19)10-7-8-12-11-5-3-4-6-13(11)22-14(12)9-10/h3-9H,2H2,1H3. The molecule has 0 saturated carbocycles. The van der Waals surface area contributed by atoms with Gasteiger partial charge in [0.25, 0.3) is 0 Å². The van der Waals surface area contributed by atoms with Gasteiger partial charge in [-0.3, -0.25) is 4.79 Å². The van der Waals surface area contributed by atoms with Crippen molar-refractivity contribution in [2.45, 2.75) is 13.1 Å². The molecule has 0 aliphatic carbocycles. The predicted octanol–water partition coefficient (Wildman–Crippen LogP) is 4.50. The second-order valence-electron chi connectivity index (χ2n) is 4.83. The molecule has 0 saturated heterocycles. The lowest BCUT2D eigenvalue weighted by Gasteiger charge is -2.22. The molecule has 0 fully saturated rings. The molecular formula is C16H12F3NO2. The summed E-state index contributed by atoms with van der Waals surface area (Å²) in [5.41, 5.74) is 1.27. The van der Waals surface area contributed by atoms with Crippen molar-refractivity contribution >= 4 is 33.5 Å². The van der Waals surface area contributed by atoms with Crippen molar-refractivity contribution in [3.8, 4) is 0 Å². The Morgan fingerprint density at radius 1 is 1.09 bits per heavy atom. The predicted molar refractivity (Wildman–Crippen MR) is 77.8 cm³/mol. The van der Waals surface area contributed by atoms with Gasteiger partial charge in [0.05, 0.1) is 0 Å². The van der Waals surface area contributed by atoms with E-state index in [1.54, 1.807) is 12.1 Å². The second kappa shape index (κ2) is 5.05. The summed E-state index contributed by atoms with van der Waals surface area (Å²) in [7, 11) is 0. The van der Waals surface area contributed by atoms with Crippen molar-refractivity contribution < 1.29 is 22.4 Å². The fourth-order valence-electron chi connectivity index (χ4n) is 2.48. The maximum atomic E-state index is 12.6. The third kappa shape index (κ3) is 2.30. The first-order valence-electron chi connectivity index (χ1n) is 6.72. The number of alkyl halides is 3. The van der Waals surface area contributed by atoms with Crippen LogP contribution in [0.1, 0.15) is 6.92 Å². The van der Waals surface area contributed by atoms with Crippen molar-refractivity contribution in [1.82, 2.24) is 0 Å². The second-order valence-corrected chi connectivity index (χ2v) is 4.83. The number of furan rings is 1. The van der Waals surface area contributed by atoms with Gasteiger partial charge in [0.1, 0.15) is 11.2 Å². The first-order valence-corrected chi connectivity index (χ1v) is 6.72. The number of carbonyl (C=O) groups excluding carboxylic acids is 1. The molecule has 0 atom stereocenters. The van der Waals surface area contributed by atoms with E-state index in [9.17, 15) is 18.0 Å². The molecule has 1 heterocycles. The molecule has 0 N–H and O–H groups in total. The molecule has 6 heteroatoms. The molecule has 0 aliphatic rings. The lowest BCUT2D eigenvalue weighted by Crippen LogP contribution is -2.41. The number of carbonyl (C=O) groups is 1. The lowest BCUT2D eigenvalue weighted by molar-refractivity contribution is -0.170. The Kier molecular flexibility index (Phi) is 3.31. The van der Waals surface area contributed by atoms with Gasteiger partial charge in [-0.2, -0.15) is 13.2 Å². The van der Waals surface area contributed by atoms with E-state index < -0.39 is 12.1 Å². The fourth-order valence-corrected chi connectivity index (χ4v) is 2.48. The number of hydrogen-bond acceptors (Lipinski definition) is 2. The first kappa shape index (κ1) is 14.4. The van der Waals surface area contributed by atoms with Crippen LogP contribution in [-0.2, 0) is 4.79 Å². The van der Waals surface area contributed by atoms with Crippen LogP contribution in [-0.4, -0.2) is 18.6 Å². The summed E-state index contributed by atoms with van der Waals surface area (Å²) in [6.45, 7) is 1.41. The summed E-state index contributed by atoms with van der Waals surface area (Å²) in [5, 5.41) is 1.68. The third-order valence-corrected chi connectivity index (χ3v) is 3.48. The van der Waals surface area contributed by atoms with E-state index in [0.29, 0.717) is 16.1 Å². The van der Waals surface area contributed by atoms with Gasteiger partial charge in [0.15, 0.2) is 0 Å². The van der Waals surface area contributed by atoms with Gasteiger partial charge in [-0.05, 0) is 25.1 Å². The van der Waals surface area contributed by atoms with Crippen LogP contribution < -0.4 is 4.90 Å². The van der Waals surface area contributed by atoms with E-state index in [2.05, 4.69) is 0 Å². The van der Waals surface area contributed by atoms with E-state index in [4.69, 9.17) is 4.42 Å².